The van der Waals surface area contributed by atoms with Crippen LogP contribution in [0.3, 0.4) is 0 Å². The van der Waals surface area contributed by atoms with Gasteiger partial charge in [-0.25, -0.2) is 0 Å². The Morgan fingerprint density at radius 3 is 2.25 bits per heavy atom. The molecule has 0 amide bonds. The molecule has 1 aromatic rings. The Morgan fingerprint density at radius 1 is 1.10 bits per heavy atom. The maximum Gasteiger partial charge on any atom is 0.00104 e. The van der Waals surface area contributed by atoms with Crippen molar-refractivity contribution in [3.8, 4) is 0 Å². The fourth-order valence-electron chi connectivity index (χ4n) is 3.65. The van der Waals surface area contributed by atoms with Crippen LogP contribution in [-0.4, -0.2) is 12.6 Å². The van der Waals surface area contributed by atoms with Crippen LogP contribution in [0.2, 0.25) is 0 Å². The fraction of sp³-hybridized carbons (Fsp3) is 0.684. The zero-order chi connectivity index (χ0) is 14.5. The monoisotopic (exact) mass is 273 g/mol. The van der Waals surface area contributed by atoms with Gasteiger partial charge in [-0.15, -0.1) is 0 Å². The largest absolute Gasteiger partial charge is 0.314 e. The minimum atomic E-state index is 0.594. The van der Waals surface area contributed by atoms with Crippen molar-refractivity contribution in [1.82, 2.24) is 5.32 Å². The molecule has 0 aromatic heterocycles. The zero-order valence-corrected chi connectivity index (χ0v) is 13.7. The van der Waals surface area contributed by atoms with Crippen molar-refractivity contribution in [1.29, 1.82) is 0 Å². The third-order valence-corrected chi connectivity index (χ3v) is 4.97. The summed E-state index contributed by atoms with van der Waals surface area (Å²) in [6.07, 6.45) is 7.01. The van der Waals surface area contributed by atoms with Gasteiger partial charge in [-0.1, -0.05) is 57.7 Å². The van der Waals surface area contributed by atoms with E-state index in [1.165, 1.54) is 49.8 Å². The van der Waals surface area contributed by atoms with Crippen molar-refractivity contribution in [3.05, 3.63) is 34.9 Å². The first-order valence-corrected chi connectivity index (χ1v) is 8.36. The summed E-state index contributed by atoms with van der Waals surface area (Å²) < 4.78 is 0. The second kappa shape index (κ2) is 7.26. The van der Waals surface area contributed by atoms with Crippen LogP contribution in [0.25, 0.3) is 0 Å². The Balaban J connectivity index is 2.09. The van der Waals surface area contributed by atoms with E-state index in [9.17, 15) is 0 Å². The molecule has 2 rings (SSSR count). The average Bonchev–Trinajstić information content (AvgIpc) is 2.91. The van der Waals surface area contributed by atoms with E-state index >= 15 is 0 Å². The van der Waals surface area contributed by atoms with E-state index in [0.717, 1.165) is 11.8 Å². The first-order chi connectivity index (χ1) is 9.58. The molecule has 1 aliphatic carbocycles. The highest BCUT2D eigenvalue weighted by Gasteiger charge is 2.25. The van der Waals surface area contributed by atoms with Crippen LogP contribution in [0.5, 0.6) is 0 Å². The number of hydrogen-bond donors (Lipinski definition) is 1. The molecule has 1 atom stereocenters. The molecular formula is C19H31N. The molecule has 1 nitrogen and oxygen atoms in total. The minimum absolute atomic E-state index is 0.594. The van der Waals surface area contributed by atoms with Crippen LogP contribution in [-0.2, 0) is 6.42 Å². The van der Waals surface area contributed by atoms with Gasteiger partial charge < -0.3 is 5.32 Å². The fourth-order valence-corrected chi connectivity index (χ4v) is 3.65. The molecule has 1 aliphatic rings. The van der Waals surface area contributed by atoms with E-state index in [4.69, 9.17) is 0 Å². The zero-order valence-electron chi connectivity index (χ0n) is 13.7. The van der Waals surface area contributed by atoms with Gasteiger partial charge in [-0.05, 0) is 55.3 Å². The quantitative estimate of drug-likeness (QED) is 0.795. The van der Waals surface area contributed by atoms with Crippen molar-refractivity contribution < 1.29 is 0 Å². The van der Waals surface area contributed by atoms with Crippen LogP contribution in [0.1, 0.15) is 56.2 Å². The molecule has 0 bridgehead atoms. The third-order valence-electron chi connectivity index (χ3n) is 4.97. The number of rotatable bonds is 6. The Bertz CT molecular complexity index is 396. The van der Waals surface area contributed by atoms with Crippen LogP contribution < -0.4 is 5.32 Å². The Hall–Kier alpha value is -0.820. The predicted molar refractivity (Wildman–Crippen MR) is 88.2 cm³/mol. The predicted octanol–water partition coefficient (Wildman–Crippen LogP) is 4.65. The SMILES string of the molecule is Cc1cccc(C)c1CC(CNC(C)C)C1CCCC1. The molecule has 1 saturated carbocycles. The summed E-state index contributed by atoms with van der Waals surface area (Å²) >= 11 is 0. The van der Waals surface area contributed by atoms with E-state index in [2.05, 4.69) is 51.2 Å². The molecule has 0 aliphatic heterocycles. The molecule has 112 valence electrons. The molecule has 0 spiro atoms. The minimum Gasteiger partial charge on any atom is -0.314 e. The van der Waals surface area contributed by atoms with Crippen LogP contribution in [0, 0.1) is 25.7 Å². The number of benzene rings is 1. The van der Waals surface area contributed by atoms with Gasteiger partial charge in [-0.2, -0.15) is 0 Å². The van der Waals surface area contributed by atoms with Crippen molar-refractivity contribution in [2.45, 2.75) is 65.8 Å². The molecule has 0 radical (unpaired) electrons. The molecular weight excluding hydrogens is 242 g/mol. The van der Waals surface area contributed by atoms with Crippen molar-refractivity contribution in [3.63, 3.8) is 0 Å². The van der Waals surface area contributed by atoms with Crippen molar-refractivity contribution in [2.75, 3.05) is 6.54 Å². The third kappa shape index (κ3) is 4.09. The van der Waals surface area contributed by atoms with Crippen LogP contribution >= 0.6 is 0 Å². The van der Waals surface area contributed by atoms with Crippen LogP contribution in [0.15, 0.2) is 18.2 Å². The van der Waals surface area contributed by atoms with E-state index in [1.54, 1.807) is 5.56 Å². The van der Waals surface area contributed by atoms with Gasteiger partial charge in [0.1, 0.15) is 0 Å². The standard InChI is InChI=1S/C19H31N/c1-14(2)20-13-18(17-10-5-6-11-17)12-19-15(3)8-7-9-16(19)4/h7-9,14,17-18,20H,5-6,10-13H2,1-4H3. The average molecular weight is 273 g/mol. The van der Waals surface area contributed by atoms with Gasteiger partial charge in [0.25, 0.3) is 0 Å². The highest BCUT2D eigenvalue weighted by molar-refractivity contribution is 5.33. The summed E-state index contributed by atoms with van der Waals surface area (Å²) in [7, 11) is 0. The lowest BCUT2D eigenvalue weighted by molar-refractivity contribution is 0.312. The van der Waals surface area contributed by atoms with Gasteiger partial charge in [-0.3, -0.25) is 0 Å². The van der Waals surface area contributed by atoms with Crippen molar-refractivity contribution in [2.24, 2.45) is 11.8 Å². The summed E-state index contributed by atoms with van der Waals surface area (Å²) in [5, 5.41) is 3.68. The van der Waals surface area contributed by atoms with E-state index in [0.29, 0.717) is 6.04 Å². The lowest BCUT2D eigenvalue weighted by atomic mass is 9.83. The van der Waals surface area contributed by atoms with Gasteiger partial charge in [0, 0.05) is 6.04 Å². The van der Waals surface area contributed by atoms with Gasteiger partial charge >= 0.3 is 0 Å². The van der Waals surface area contributed by atoms with Crippen LogP contribution in [0.4, 0.5) is 0 Å². The Morgan fingerprint density at radius 2 is 1.70 bits per heavy atom. The number of nitrogens with one attached hydrogen (secondary N) is 1. The van der Waals surface area contributed by atoms with Gasteiger partial charge in [0.2, 0.25) is 0 Å². The first kappa shape index (κ1) is 15.6. The number of hydrogen-bond acceptors (Lipinski definition) is 1. The molecule has 1 fully saturated rings. The maximum absolute atomic E-state index is 3.68. The molecule has 0 saturated heterocycles. The lowest BCUT2D eigenvalue weighted by Gasteiger charge is -2.26. The second-order valence-corrected chi connectivity index (χ2v) is 6.94. The molecule has 0 heterocycles. The smallest absolute Gasteiger partial charge is 0.00104 e. The van der Waals surface area contributed by atoms with Gasteiger partial charge in [0.05, 0.1) is 0 Å². The Labute approximate surface area is 125 Å². The molecule has 1 heteroatoms. The highest BCUT2D eigenvalue weighted by atomic mass is 14.9. The summed E-state index contributed by atoms with van der Waals surface area (Å²) in [4.78, 5) is 0. The van der Waals surface area contributed by atoms with E-state index in [-0.39, 0.29) is 0 Å². The molecule has 1 N–H and O–H groups in total. The Kier molecular flexibility index (Phi) is 5.65. The number of aryl methyl sites for hydroxylation is 2. The second-order valence-electron chi connectivity index (χ2n) is 6.94. The first-order valence-electron chi connectivity index (χ1n) is 8.36. The summed E-state index contributed by atoms with van der Waals surface area (Å²) in [5.41, 5.74) is 4.53. The summed E-state index contributed by atoms with van der Waals surface area (Å²) in [6.45, 7) is 10.2. The molecule has 20 heavy (non-hydrogen) atoms. The summed E-state index contributed by atoms with van der Waals surface area (Å²) in [6, 6.07) is 7.32. The van der Waals surface area contributed by atoms with E-state index < -0.39 is 0 Å². The normalized spacial score (nSPS) is 17.9. The lowest BCUT2D eigenvalue weighted by Crippen LogP contribution is -2.33. The topological polar surface area (TPSA) is 12.0 Å². The van der Waals surface area contributed by atoms with Gasteiger partial charge in [0.15, 0.2) is 0 Å². The summed E-state index contributed by atoms with van der Waals surface area (Å²) in [5.74, 6) is 1.74. The highest BCUT2D eigenvalue weighted by Crippen LogP contribution is 2.34. The maximum atomic E-state index is 3.68. The molecule has 1 aromatic carbocycles. The molecule has 1 unspecified atom stereocenters. The van der Waals surface area contributed by atoms with E-state index in [1.807, 2.05) is 0 Å². The van der Waals surface area contributed by atoms with Crippen molar-refractivity contribution >= 4 is 0 Å².